The van der Waals surface area contributed by atoms with Crippen molar-refractivity contribution in [2.24, 2.45) is 0 Å². The summed E-state index contributed by atoms with van der Waals surface area (Å²) < 4.78 is 5.90. The van der Waals surface area contributed by atoms with Gasteiger partial charge in [0.15, 0.2) is 6.10 Å². The number of carbonyl (C=O) groups excluding carboxylic acids is 1. The van der Waals surface area contributed by atoms with Gasteiger partial charge in [0, 0.05) is 0 Å². The van der Waals surface area contributed by atoms with Crippen LogP contribution in [-0.2, 0) is 11.2 Å². The molecule has 0 aromatic heterocycles. The number of benzene rings is 2. The monoisotopic (exact) mass is 339 g/mol. The van der Waals surface area contributed by atoms with Gasteiger partial charge in [0.25, 0.3) is 5.91 Å². The Balaban J connectivity index is 2.04. The smallest absolute Gasteiger partial charge is 0.261 e. The summed E-state index contributed by atoms with van der Waals surface area (Å²) in [6.07, 6.45) is 1.13. The van der Waals surface area contributed by atoms with Crippen LogP contribution >= 0.6 is 0 Å². The zero-order valence-corrected chi connectivity index (χ0v) is 15.9. The van der Waals surface area contributed by atoms with Gasteiger partial charge in [-0.3, -0.25) is 4.79 Å². The fraction of sp³-hybridized carbons (Fsp3) is 0.409. The van der Waals surface area contributed by atoms with Crippen LogP contribution < -0.4 is 10.1 Å². The average Bonchev–Trinajstić information content (AvgIpc) is 2.61. The van der Waals surface area contributed by atoms with Gasteiger partial charge in [0.2, 0.25) is 0 Å². The maximum absolute atomic E-state index is 12.6. The van der Waals surface area contributed by atoms with E-state index >= 15 is 0 Å². The van der Waals surface area contributed by atoms with Crippen molar-refractivity contribution in [3.63, 3.8) is 0 Å². The number of aryl methyl sites for hydroxylation is 3. The quantitative estimate of drug-likeness (QED) is 0.779. The number of ether oxygens (including phenoxy) is 1. The summed E-state index contributed by atoms with van der Waals surface area (Å²) in [5, 5.41) is 3.09. The lowest BCUT2D eigenvalue weighted by Gasteiger charge is -2.22. The molecule has 2 aromatic rings. The first-order valence-corrected chi connectivity index (χ1v) is 9.07. The lowest BCUT2D eigenvalue weighted by Crippen LogP contribution is -2.39. The normalized spacial score (nSPS) is 13.2. The van der Waals surface area contributed by atoms with E-state index in [0.29, 0.717) is 6.42 Å². The molecule has 134 valence electrons. The molecule has 0 aliphatic carbocycles. The first-order chi connectivity index (χ1) is 11.9. The molecule has 2 atom stereocenters. The lowest BCUT2D eigenvalue weighted by molar-refractivity contribution is -0.128. The molecule has 3 nitrogen and oxygen atoms in total. The minimum atomic E-state index is -0.486. The molecule has 0 unspecified atom stereocenters. The Morgan fingerprint density at radius 1 is 1.08 bits per heavy atom. The van der Waals surface area contributed by atoms with E-state index in [0.717, 1.165) is 17.7 Å². The van der Waals surface area contributed by atoms with Gasteiger partial charge in [-0.2, -0.15) is 0 Å². The largest absolute Gasteiger partial charge is 0.481 e. The third-order valence-corrected chi connectivity index (χ3v) is 4.53. The Bertz CT molecular complexity index is 706. The van der Waals surface area contributed by atoms with Crippen molar-refractivity contribution in [2.75, 3.05) is 0 Å². The molecule has 0 bridgehead atoms. The highest BCUT2D eigenvalue weighted by atomic mass is 16.5. The van der Waals surface area contributed by atoms with Crippen LogP contribution in [0.5, 0.6) is 5.75 Å². The Morgan fingerprint density at radius 3 is 2.36 bits per heavy atom. The van der Waals surface area contributed by atoms with Crippen LogP contribution in [0, 0.1) is 13.8 Å². The molecule has 2 rings (SSSR count). The molecule has 1 amide bonds. The number of hydrogen-bond acceptors (Lipinski definition) is 2. The molecule has 0 heterocycles. The number of nitrogens with one attached hydrogen (secondary N) is 1. The fourth-order valence-corrected chi connectivity index (χ4v) is 2.90. The van der Waals surface area contributed by atoms with Crippen LogP contribution in [0.25, 0.3) is 0 Å². The van der Waals surface area contributed by atoms with Gasteiger partial charge in [-0.25, -0.2) is 0 Å². The molecule has 0 saturated carbocycles. The van der Waals surface area contributed by atoms with Crippen molar-refractivity contribution in [2.45, 2.75) is 59.6 Å². The SMILES string of the molecule is CCc1ccc(O[C@H](CC)C(=O)N[C@@H](C)c2cc(C)ccc2C)cc1. The molecule has 3 heteroatoms. The molecule has 25 heavy (non-hydrogen) atoms. The second kappa shape index (κ2) is 8.70. The van der Waals surface area contributed by atoms with Crippen LogP contribution in [0.15, 0.2) is 42.5 Å². The Morgan fingerprint density at radius 2 is 1.76 bits per heavy atom. The minimum absolute atomic E-state index is 0.0486. The van der Waals surface area contributed by atoms with E-state index in [4.69, 9.17) is 4.74 Å². The number of rotatable bonds is 7. The highest BCUT2D eigenvalue weighted by molar-refractivity contribution is 5.81. The van der Waals surface area contributed by atoms with Crippen LogP contribution in [0.1, 0.15) is 55.5 Å². The van der Waals surface area contributed by atoms with E-state index in [1.54, 1.807) is 0 Å². The first kappa shape index (κ1) is 19.0. The number of amides is 1. The third-order valence-electron chi connectivity index (χ3n) is 4.53. The summed E-state index contributed by atoms with van der Waals surface area (Å²) in [4.78, 5) is 12.6. The van der Waals surface area contributed by atoms with Crippen molar-refractivity contribution < 1.29 is 9.53 Å². The minimum Gasteiger partial charge on any atom is -0.481 e. The van der Waals surface area contributed by atoms with E-state index in [1.807, 2.05) is 38.1 Å². The first-order valence-electron chi connectivity index (χ1n) is 9.07. The number of hydrogen-bond donors (Lipinski definition) is 1. The molecule has 0 aliphatic heterocycles. The summed E-state index contributed by atoms with van der Waals surface area (Å²) >= 11 is 0. The van der Waals surface area contributed by atoms with Crippen LogP contribution in [0.2, 0.25) is 0 Å². The van der Waals surface area contributed by atoms with Crippen molar-refractivity contribution in [1.29, 1.82) is 0 Å². The van der Waals surface area contributed by atoms with E-state index in [2.05, 4.69) is 44.3 Å². The van der Waals surface area contributed by atoms with Gasteiger partial charge in [0.1, 0.15) is 5.75 Å². The lowest BCUT2D eigenvalue weighted by atomic mass is 10.00. The van der Waals surface area contributed by atoms with Gasteiger partial charge in [-0.05, 0) is 62.4 Å². The Kier molecular flexibility index (Phi) is 6.63. The molecule has 0 fully saturated rings. The summed E-state index contributed by atoms with van der Waals surface area (Å²) in [6.45, 7) is 10.2. The zero-order valence-electron chi connectivity index (χ0n) is 15.9. The number of carbonyl (C=O) groups is 1. The third kappa shape index (κ3) is 5.09. The van der Waals surface area contributed by atoms with Crippen LogP contribution in [0.3, 0.4) is 0 Å². The van der Waals surface area contributed by atoms with E-state index in [-0.39, 0.29) is 11.9 Å². The standard InChI is InChI=1S/C22H29NO2/c1-6-18-10-12-19(13-11-18)25-21(7-2)22(24)23-17(5)20-14-15(3)8-9-16(20)4/h8-14,17,21H,6-7H2,1-5H3,(H,23,24)/t17-,21+/m0/s1. The zero-order chi connectivity index (χ0) is 18.4. The maximum atomic E-state index is 12.6. The van der Waals surface area contributed by atoms with Crippen LogP contribution in [-0.4, -0.2) is 12.0 Å². The van der Waals surface area contributed by atoms with Crippen molar-refractivity contribution in [3.05, 3.63) is 64.7 Å². The van der Waals surface area contributed by atoms with Crippen LogP contribution in [0.4, 0.5) is 0 Å². The second-order valence-electron chi connectivity index (χ2n) is 6.60. The molecular formula is C22H29NO2. The van der Waals surface area contributed by atoms with E-state index < -0.39 is 6.10 Å². The topological polar surface area (TPSA) is 38.3 Å². The molecule has 0 radical (unpaired) electrons. The predicted octanol–water partition coefficient (Wildman–Crippen LogP) is 4.90. The highest BCUT2D eigenvalue weighted by Crippen LogP contribution is 2.20. The van der Waals surface area contributed by atoms with Crippen molar-refractivity contribution >= 4 is 5.91 Å². The Labute approximate surface area is 151 Å². The summed E-state index contributed by atoms with van der Waals surface area (Å²) in [5.41, 5.74) is 4.78. The molecule has 0 spiro atoms. The summed E-state index contributed by atoms with van der Waals surface area (Å²) in [5.74, 6) is 0.661. The second-order valence-corrected chi connectivity index (χ2v) is 6.60. The maximum Gasteiger partial charge on any atom is 0.261 e. The van der Waals surface area contributed by atoms with Gasteiger partial charge in [0.05, 0.1) is 6.04 Å². The Hall–Kier alpha value is -2.29. The summed E-state index contributed by atoms with van der Waals surface area (Å²) in [6, 6.07) is 14.2. The predicted molar refractivity (Wildman–Crippen MR) is 103 cm³/mol. The van der Waals surface area contributed by atoms with Crippen molar-refractivity contribution in [3.8, 4) is 5.75 Å². The fourth-order valence-electron chi connectivity index (χ4n) is 2.90. The van der Waals surface area contributed by atoms with E-state index in [9.17, 15) is 4.79 Å². The highest BCUT2D eigenvalue weighted by Gasteiger charge is 2.21. The van der Waals surface area contributed by atoms with Gasteiger partial charge in [-0.1, -0.05) is 49.7 Å². The summed E-state index contributed by atoms with van der Waals surface area (Å²) in [7, 11) is 0. The molecule has 0 saturated heterocycles. The van der Waals surface area contributed by atoms with Gasteiger partial charge >= 0.3 is 0 Å². The molecule has 1 N–H and O–H groups in total. The van der Waals surface area contributed by atoms with Crippen molar-refractivity contribution in [1.82, 2.24) is 5.32 Å². The van der Waals surface area contributed by atoms with Gasteiger partial charge in [-0.15, -0.1) is 0 Å². The van der Waals surface area contributed by atoms with Gasteiger partial charge < -0.3 is 10.1 Å². The average molecular weight is 339 g/mol. The van der Waals surface area contributed by atoms with E-state index in [1.165, 1.54) is 16.7 Å². The molecule has 0 aliphatic rings. The molecule has 2 aromatic carbocycles. The molecular weight excluding hydrogens is 310 g/mol.